The molecule has 3 rings (SSSR count). The van der Waals surface area contributed by atoms with Gasteiger partial charge in [-0.05, 0) is 38.1 Å². The van der Waals surface area contributed by atoms with Crippen molar-refractivity contribution in [3.8, 4) is 5.69 Å². The highest BCUT2D eigenvalue weighted by Crippen LogP contribution is 2.27. The molecule has 2 aromatic carbocycles. The van der Waals surface area contributed by atoms with E-state index < -0.39 is 11.6 Å². The van der Waals surface area contributed by atoms with Gasteiger partial charge in [0.05, 0.1) is 17.9 Å². The second kappa shape index (κ2) is 7.82. The number of aliphatic hydroxyl groups is 1. The van der Waals surface area contributed by atoms with Gasteiger partial charge in [0.25, 0.3) is 0 Å². The van der Waals surface area contributed by atoms with Gasteiger partial charge in [-0.2, -0.15) is 5.10 Å². The summed E-state index contributed by atoms with van der Waals surface area (Å²) in [7, 11) is 0. The van der Waals surface area contributed by atoms with Crippen LogP contribution >= 0.6 is 11.6 Å². The summed E-state index contributed by atoms with van der Waals surface area (Å²) in [5.41, 5.74) is 1.58. The number of carbonyl (C=O) groups is 1. The first-order valence-electron chi connectivity index (χ1n) is 8.51. The van der Waals surface area contributed by atoms with E-state index in [-0.39, 0.29) is 6.54 Å². The minimum atomic E-state index is -1.30. The first-order valence-corrected chi connectivity index (χ1v) is 8.88. The number of amides is 2. The Kier molecular flexibility index (Phi) is 5.48. The smallest absolute Gasteiger partial charge is 0.319 e. The monoisotopic (exact) mass is 384 g/mol. The number of anilines is 1. The summed E-state index contributed by atoms with van der Waals surface area (Å²) in [6.07, 6.45) is 1.70. The fourth-order valence-electron chi connectivity index (χ4n) is 2.80. The fourth-order valence-corrected chi connectivity index (χ4v) is 3.14. The average Bonchev–Trinajstić information content (AvgIpc) is 3.07. The minimum Gasteiger partial charge on any atom is -0.384 e. The van der Waals surface area contributed by atoms with Crippen LogP contribution in [0.4, 0.5) is 10.5 Å². The van der Waals surface area contributed by atoms with Crippen LogP contribution in [0.25, 0.3) is 5.69 Å². The Morgan fingerprint density at radius 2 is 1.89 bits per heavy atom. The van der Waals surface area contributed by atoms with E-state index in [1.807, 2.05) is 31.2 Å². The molecule has 3 N–H and O–H groups in total. The van der Waals surface area contributed by atoms with Crippen molar-refractivity contribution in [2.24, 2.45) is 0 Å². The molecule has 6 nitrogen and oxygen atoms in total. The average molecular weight is 385 g/mol. The number of carbonyl (C=O) groups excluding carboxylic acids is 1. The highest BCUT2D eigenvalue weighted by atomic mass is 35.5. The summed E-state index contributed by atoms with van der Waals surface area (Å²) < 4.78 is 1.75. The van der Waals surface area contributed by atoms with Crippen molar-refractivity contribution in [2.75, 3.05) is 11.9 Å². The van der Waals surface area contributed by atoms with Crippen LogP contribution in [-0.2, 0) is 5.60 Å². The van der Waals surface area contributed by atoms with Crippen LogP contribution in [0.2, 0.25) is 5.02 Å². The Morgan fingerprint density at radius 3 is 2.59 bits per heavy atom. The molecule has 0 spiro atoms. The number of aromatic nitrogens is 2. The van der Waals surface area contributed by atoms with Gasteiger partial charge in [0.2, 0.25) is 0 Å². The van der Waals surface area contributed by atoms with E-state index in [0.717, 1.165) is 11.4 Å². The Hall–Kier alpha value is -2.83. The van der Waals surface area contributed by atoms with Crippen molar-refractivity contribution in [2.45, 2.75) is 19.4 Å². The van der Waals surface area contributed by atoms with Crippen molar-refractivity contribution in [3.05, 3.63) is 77.1 Å². The van der Waals surface area contributed by atoms with Crippen molar-refractivity contribution in [1.29, 1.82) is 0 Å². The maximum absolute atomic E-state index is 12.4. The molecule has 3 aromatic rings. The first-order chi connectivity index (χ1) is 12.9. The molecule has 0 radical (unpaired) electrons. The number of nitrogens with one attached hydrogen (secondary N) is 2. The number of urea groups is 1. The molecule has 1 aromatic heterocycles. The molecule has 2 amide bonds. The molecule has 0 saturated carbocycles. The van der Waals surface area contributed by atoms with Crippen LogP contribution < -0.4 is 10.6 Å². The number of hydrogen-bond acceptors (Lipinski definition) is 3. The van der Waals surface area contributed by atoms with Crippen molar-refractivity contribution in [3.63, 3.8) is 0 Å². The second-order valence-electron chi connectivity index (χ2n) is 6.46. The Labute approximate surface area is 162 Å². The van der Waals surface area contributed by atoms with E-state index >= 15 is 0 Å². The van der Waals surface area contributed by atoms with Crippen LogP contribution in [0.1, 0.15) is 18.2 Å². The number of hydrogen-bond donors (Lipinski definition) is 3. The van der Waals surface area contributed by atoms with Crippen LogP contribution in [0.5, 0.6) is 0 Å². The molecule has 0 aliphatic carbocycles. The van der Waals surface area contributed by atoms with Crippen LogP contribution in [0.3, 0.4) is 0 Å². The first kappa shape index (κ1) is 18.9. The second-order valence-corrected chi connectivity index (χ2v) is 6.87. The van der Waals surface area contributed by atoms with Gasteiger partial charge in [0, 0.05) is 22.5 Å². The summed E-state index contributed by atoms with van der Waals surface area (Å²) in [6, 6.07) is 15.8. The highest BCUT2D eigenvalue weighted by Gasteiger charge is 2.26. The molecule has 0 saturated heterocycles. The van der Waals surface area contributed by atoms with E-state index in [1.54, 1.807) is 48.1 Å². The van der Waals surface area contributed by atoms with Gasteiger partial charge in [-0.1, -0.05) is 41.9 Å². The van der Waals surface area contributed by atoms with Gasteiger partial charge in [-0.25, -0.2) is 9.48 Å². The molecular formula is C20H21ClN4O2. The third-order valence-corrected chi connectivity index (χ3v) is 4.59. The van der Waals surface area contributed by atoms with Crippen LogP contribution in [-0.4, -0.2) is 27.5 Å². The lowest BCUT2D eigenvalue weighted by Gasteiger charge is -2.25. The summed E-state index contributed by atoms with van der Waals surface area (Å²) in [4.78, 5) is 12.4. The Bertz CT molecular complexity index is 952. The Balaban J connectivity index is 1.71. The van der Waals surface area contributed by atoms with Gasteiger partial charge in [-0.15, -0.1) is 0 Å². The van der Waals surface area contributed by atoms with E-state index in [9.17, 15) is 9.90 Å². The summed E-state index contributed by atoms with van der Waals surface area (Å²) >= 11 is 6.15. The zero-order chi connectivity index (χ0) is 19.4. The normalized spacial score (nSPS) is 13.0. The van der Waals surface area contributed by atoms with Gasteiger partial charge in [0.1, 0.15) is 5.60 Å². The number of para-hydroxylation sites is 2. The number of aryl methyl sites for hydroxylation is 1. The van der Waals surface area contributed by atoms with Crippen molar-refractivity contribution in [1.82, 2.24) is 15.1 Å². The molecule has 1 unspecified atom stereocenters. The molecule has 0 aliphatic rings. The van der Waals surface area contributed by atoms with Crippen molar-refractivity contribution >= 4 is 23.3 Å². The number of benzene rings is 2. The number of nitrogens with zero attached hydrogens (tertiary/aromatic N) is 2. The maximum atomic E-state index is 12.4. The van der Waals surface area contributed by atoms with E-state index in [0.29, 0.717) is 16.3 Å². The van der Waals surface area contributed by atoms with Gasteiger partial charge in [-0.3, -0.25) is 0 Å². The van der Waals surface area contributed by atoms with E-state index in [2.05, 4.69) is 15.7 Å². The molecule has 0 bridgehead atoms. The molecule has 1 heterocycles. The third-order valence-electron chi connectivity index (χ3n) is 4.26. The predicted octanol–water partition coefficient (Wildman–Crippen LogP) is 3.86. The lowest BCUT2D eigenvalue weighted by atomic mass is 9.96. The molecule has 1 atom stereocenters. The summed E-state index contributed by atoms with van der Waals surface area (Å²) in [6.45, 7) is 3.55. The van der Waals surface area contributed by atoms with Crippen LogP contribution in [0.15, 0.2) is 60.8 Å². The quantitative estimate of drug-likeness (QED) is 0.624. The number of rotatable bonds is 5. The number of halogens is 1. The van der Waals surface area contributed by atoms with Crippen molar-refractivity contribution < 1.29 is 9.90 Å². The Morgan fingerprint density at radius 1 is 1.19 bits per heavy atom. The molecular weight excluding hydrogens is 364 g/mol. The van der Waals surface area contributed by atoms with Crippen LogP contribution in [0, 0.1) is 6.92 Å². The standard InChI is InChI=1S/C20H21ClN4O2/c1-14-11-12-23-25(14)18-10-6-5-9-17(18)24-19(26)22-13-20(2,27)15-7-3-4-8-16(15)21/h3-12,27H,13H2,1-2H3,(H2,22,24,26). The lowest BCUT2D eigenvalue weighted by molar-refractivity contribution is 0.0601. The van der Waals surface area contributed by atoms with Gasteiger partial charge in [0.15, 0.2) is 0 Å². The highest BCUT2D eigenvalue weighted by molar-refractivity contribution is 6.31. The SMILES string of the molecule is Cc1ccnn1-c1ccccc1NC(=O)NCC(C)(O)c1ccccc1Cl. The topological polar surface area (TPSA) is 79.2 Å². The zero-order valence-corrected chi connectivity index (χ0v) is 15.9. The fraction of sp³-hybridized carbons (Fsp3) is 0.200. The predicted molar refractivity (Wildman–Crippen MR) is 106 cm³/mol. The molecule has 140 valence electrons. The maximum Gasteiger partial charge on any atom is 0.319 e. The lowest BCUT2D eigenvalue weighted by Crippen LogP contribution is -2.40. The third kappa shape index (κ3) is 4.30. The summed E-state index contributed by atoms with van der Waals surface area (Å²) in [5, 5.41) is 20.9. The molecule has 0 aliphatic heterocycles. The van der Waals surface area contributed by atoms with E-state index in [4.69, 9.17) is 11.6 Å². The summed E-state index contributed by atoms with van der Waals surface area (Å²) in [5.74, 6) is 0. The molecule has 27 heavy (non-hydrogen) atoms. The molecule has 7 heteroatoms. The van der Waals surface area contributed by atoms with Gasteiger partial charge < -0.3 is 15.7 Å². The minimum absolute atomic E-state index is 0.00549. The van der Waals surface area contributed by atoms with Gasteiger partial charge >= 0.3 is 6.03 Å². The molecule has 0 fully saturated rings. The zero-order valence-electron chi connectivity index (χ0n) is 15.1. The largest absolute Gasteiger partial charge is 0.384 e. The van der Waals surface area contributed by atoms with E-state index in [1.165, 1.54) is 0 Å².